The van der Waals surface area contributed by atoms with E-state index in [0.29, 0.717) is 30.3 Å². The van der Waals surface area contributed by atoms with E-state index >= 15 is 0 Å². The molecule has 0 aliphatic carbocycles. The molecule has 0 spiro atoms. The van der Waals surface area contributed by atoms with Gasteiger partial charge < -0.3 is 19.7 Å². The quantitative estimate of drug-likeness (QED) is 0.780. The third-order valence-electron chi connectivity index (χ3n) is 3.11. The van der Waals surface area contributed by atoms with Crippen molar-refractivity contribution in [2.75, 3.05) is 32.6 Å². The Morgan fingerprint density at radius 3 is 2.33 bits per heavy atom. The number of amides is 2. The summed E-state index contributed by atoms with van der Waals surface area (Å²) in [6.07, 6.45) is -0.184. The molecule has 6 heteroatoms. The summed E-state index contributed by atoms with van der Waals surface area (Å²) >= 11 is 0. The van der Waals surface area contributed by atoms with Gasteiger partial charge in [-0.1, -0.05) is 0 Å². The van der Waals surface area contributed by atoms with E-state index in [1.54, 1.807) is 30.2 Å². The standard InChI is InChI=1S/C15H22N2O4/c1-5-17(6-2)15(19)10-14(18)16-12-8-7-11(20-3)9-13(12)21-4/h7-9H,5-6,10H2,1-4H3,(H,16,18). The number of rotatable bonds is 7. The molecule has 0 unspecified atom stereocenters. The van der Waals surface area contributed by atoms with E-state index in [4.69, 9.17) is 9.47 Å². The number of hydrogen-bond acceptors (Lipinski definition) is 4. The van der Waals surface area contributed by atoms with Crippen LogP contribution in [0.1, 0.15) is 20.3 Å². The molecular weight excluding hydrogens is 272 g/mol. The summed E-state index contributed by atoms with van der Waals surface area (Å²) in [6, 6.07) is 5.06. The van der Waals surface area contributed by atoms with Crippen LogP contribution in [0.2, 0.25) is 0 Å². The van der Waals surface area contributed by atoms with Gasteiger partial charge in [-0.25, -0.2) is 0 Å². The van der Waals surface area contributed by atoms with E-state index in [1.807, 2.05) is 13.8 Å². The summed E-state index contributed by atoms with van der Waals surface area (Å²) in [5.41, 5.74) is 0.510. The molecule has 0 heterocycles. The van der Waals surface area contributed by atoms with Crippen molar-refractivity contribution in [3.05, 3.63) is 18.2 Å². The highest BCUT2D eigenvalue weighted by molar-refractivity contribution is 6.04. The molecule has 0 atom stereocenters. The van der Waals surface area contributed by atoms with Crippen LogP contribution in [-0.4, -0.2) is 44.0 Å². The van der Waals surface area contributed by atoms with Crippen LogP contribution >= 0.6 is 0 Å². The maximum atomic E-state index is 11.9. The van der Waals surface area contributed by atoms with Crippen molar-refractivity contribution >= 4 is 17.5 Å². The van der Waals surface area contributed by atoms with Crippen LogP contribution in [0.4, 0.5) is 5.69 Å². The Morgan fingerprint density at radius 1 is 1.14 bits per heavy atom. The van der Waals surface area contributed by atoms with Gasteiger partial charge in [0, 0.05) is 19.2 Å². The van der Waals surface area contributed by atoms with Gasteiger partial charge in [-0.3, -0.25) is 9.59 Å². The van der Waals surface area contributed by atoms with Crippen molar-refractivity contribution in [2.24, 2.45) is 0 Å². The van der Waals surface area contributed by atoms with Gasteiger partial charge in [-0.15, -0.1) is 0 Å². The van der Waals surface area contributed by atoms with E-state index in [2.05, 4.69) is 5.32 Å². The fourth-order valence-corrected chi connectivity index (χ4v) is 1.92. The van der Waals surface area contributed by atoms with E-state index in [1.165, 1.54) is 7.11 Å². The minimum atomic E-state index is -0.365. The molecule has 1 aromatic carbocycles. The zero-order valence-electron chi connectivity index (χ0n) is 12.9. The number of anilines is 1. The normalized spacial score (nSPS) is 9.90. The average molecular weight is 294 g/mol. The number of carbonyl (C=O) groups excluding carboxylic acids is 2. The molecule has 0 aromatic heterocycles. The van der Waals surface area contributed by atoms with Gasteiger partial charge >= 0.3 is 0 Å². The van der Waals surface area contributed by atoms with Gasteiger partial charge in [-0.05, 0) is 26.0 Å². The maximum absolute atomic E-state index is 11.9. The lowest BCUT2D eigenvalue weighted by Crippen LogP contribution is -2.33. The number of nitrogens with one attached hydrogen (secondary N) is 1. The van der Waals surface area contributed by atoms with Gasteiger partial charge in [0.25, 0.3) is 0 Å². The molecule has 1 N–H and O–H groups in total. The first-order chi connectivity index (χ1) is 10.0. The lowest BCUT2D eigenvalue weighted by atomic mass is 10.2. The Bertz CT molecular complexity index is 498. The van der Waals surface area contributed by atoms with E-state index in [9.17, 15) is 9.59 Å². The molecule has 1 rings (SSSR count). The van der Waals surface area contributed by atoms with Gasteiger partial charge in [0.2, 0.25) is 11.8 Å². The van der Waals surface area contributed by atoms with Crippen LogP contribution in [0.3, 0.4) is 0 Å². The molecule has 0 bridgehead atoms. The minimum Gasteiger partial charge on any atom is -0.497 e. The van der Waals surface area contributed by atoms with Crippen LogP contribution in [-0.2, 0) is 9.59 Å². The van der Waals surface area contributed by atoms with Crippen LogP contribution in [0.5, 0.6) is 11.5 Å². The number of benzene rings is 1. The Balaban J connectivity index is 2.73. The molecule has 0 radical (unpaired) electrons. The zero-order valence-corrected chi connectivity index (χ0v) is 12.9. The van der Waals surface area contributed by atoms with E-state index in [-0.39, 0.29) is 18.2 Å². The number of methoxy groups -OCH3 is 2. The number of carbonyl (C=O) groups is 2. The monoisotopic (exact) mass is 294 g/mol. The highest BCUT2D eigenvalue weighted by atomic mass is 16.5. The van der Waals surface area contributed by atoms with Crippen molar-refractivity contribution < 1.29 is 19.1 Å². The summed E-state index contributed by atoms with van der Waals surface area (Å²) in [7, 11) is 3.06. The smallest absolute Gasteiger partial charge is 0.233 e. The van der Waals surface area contributed by atoms with Crippen molar-refractivity contribution in [2.45, 2.75) is 20.3 Å². The summed E-state index contributed by atoms with van der Waals surface area (Å²) in [4.78, 5) is 25.4. The molecule has 0 saturated carbocycles. The molecule has 2 amide bonds. The van der Waals surface area contributed by atoms with Crippen LogP contribution in [0.15, 0.2) is 18.2 Å². The van der Waals surface area contributed by atoms with Crippen molar-refractivity contribution in [3.63, 3.8) is 0 Å². The first-order valence-corrected chi connectivity index (χ1v) is 6.85. The van der Waals surface area contributed by atoms with Crippen LogP contribution in [0, 0.1) is 0 Å². The van der Waals surface area contributed by atoms with Gasteiger partial charge in [0.15, 0.2) is 0 Å². The zero-order chi connectivity index (χ0) is 15.8. The molecule has 21 heavy (non-hydrogen) atoms. The fraction of sp³-hybridized carbons (Fsp3) is 0.467. The molecule has 0 aliphatic rings. The number of nitrogens with zero attached hydrogens (tertiary/aromatic N) is 1. The highest BCUT2D eigenvalue weighted by Gasteiger charge is 2.16. The molecular formula is C15H22N2O4. The second kappa shape index (κ2) is 8.14. The van der Waals surface area contributed by atoms with Gasteiger partial charge in [0.1, 0.15) is 17.9 Å². The van der Waals surface area contributed by atoms with Crippen LogP contribution in [0.25, 0.3) is 0 Å². The van der Waals surface area contributed by atoms with Crippen molar-refractivity contribution in [1.82, 2.24) is 4.90 Å². The van der Waals surface area contributed by atoms with Crippen molar-refractivity contribution in [1.29, 1.82) is 0 Å². The fourth-order valence-electron chi connectivity index (χ4n) is 1.92. The number of hydrogen-bond donors (Lipinski definition) is 1. The summed E-state index contributed by atoms with van der Waals surface area (Å²) < 4.78 is 10.3. The molecule has 1 aromatic rings. The largest absolute Gasteiger partial charge is 0.497 e. The van der Waals surface area contributed by atoms with Gasteiger partial charge in [0.05, 0.1) is 19.9 Å². The third-order valence-corrected chi connectivity index (χ3v) is 3.11. The molecule has 0 aliphatic heterocycles. The molecule has 0 saturated heterocycles. The van der Waals surface area contributed by atoms with Gasteiger partial charge in [-0.2, -0.15) is 0 Å². The Labute approximate surface area is 125 Å². The van der Waals surface area contributed by atoms with Crippen LogP contribution < -0.4 is 14.8 Å². The van der Waals surface area contributed by atoms with E-state index < -0.39 is 0 Å². The predicted molar refractivity (Wildman–Crippen MR) is 80.7 cm³/mol. The molecule has 6 nitrogen and oxygen atoms in total. The lowest BCUT2D eigenvalue weighted by molar-refractivity contribution is -0.134. The summed E-state index contributed by atoms with van der Waals surface area (Å²) in [5.74, 6) is 0.558. The minimum absolute atomic E-state index is 0.184. The second-order valence-electron chi connectivity index (χ2n) is 4.36. The summed E-state index contributed by atoms with van der Waals surface area (Å²) in [6.45, 7) is 4.94. The predicted octanol–water partition coefficient (Wildman–Crippen LogP) is 1.90. The Kier molecular flexibility index (Phi) is 6.52. The van der Waals surface area contributed by atoms with Crippen molar-refractivity contribution in [3.8, 4) is 11.5 Å². The second-order valence-corrected chi connectivity index (χ2v) is 4.36. The van der Waals surface area contributed by atoms with E-state index in [0.717, 1.165) is 0 Å². The summed E-state index contributed by atoms with van der Waals surface area (Å²) in [5, 5.41) is 2.68. The molecule has 0 fully saturated rings. The number of ether oxygens (including phenoxy) is 2. The average Bonchev–Trinajstić information content (AvgIpc) is 2.48. The first kappa shape index (κ1) is 16.8. The highest BCUT2D eigenvalue weighted by Crippen LogP contribution is 2.29. The SMILES string of the molecule is CCN(CC)C(=O)CC(=O)Nc1ccc(OC)cc1OC. The maximum Gasteiger partial charge on any atom is 0.233 e. The Morgan fingerprint density at radius 2 is 1.81 bits per heavy atom. The third kappa shape index (κ3) is 4.66. The lowest BCUT2D eigenvalue weighted by Gasteiger charge is -2.18. The first-order valence-electron chi connectivity index (χ1n) is 6.85. The topological polar surface area (TPSA) is 67.9 Å². The molecule has 116 valence electrons. The Hall–Kier alpha value is -2.24.